The van der Waals surface area contributed by atoms with Gasteiger partial charge in [-0.1, -0.05) is 13.3 Å². The second-order valence-corrected chi connectivity index (χ2v) is 4.30. The lowest BCUT2D eigenvalue weighted by atomic mass is 10.1. The lowest BCUT2D eigenvalue weighted by molar-refractivity contribution is -0.137. The number of urea groups is 1. The molecule has 0 spiro atoms. The molecule has 116 valence electrons. The Hall–Kier alpha value is -2.25. The van der Waals surface area contributed by atoms with E-state index in [0.717, 1.165) is 12.5 Å². The molecule has 0 saturated carbocycles. The van der Waals surface area contributed by atoms with E-state index in [1.807, 2.05) is 6.92 Å². The average Bonchev–Trinajstić information content (AvgIpc) is 2.37. The Labute approximate surface area is 119 Å². The van der Waals surface area contributed by atoms with E-state index in [0.29, 0.717) is 25.1 Å². The molecule has 0 radical (unpaired) electrons. The van der Waals surface area contributed by atoms with Gasteiger partial charge in [-0.15, -0.1) is 0 Å². The van der Waals surface area contributed by atoms with Gasteiger partial charge < -0.3 is 15.7 Å². The monoisotopic (exact) mass is 304 g/mol. The van der Waals surface area contributed by atoms with Crippen molar-refractivity contribution in [1.29, 1.82) is 0 Å². The molecule has 0 fully saturated rings. The molecule has 0 aliphatic carbocycles. The normalized spacial score (nSPS) is 11.0. The summed E-state index contributed by atoms with van der Waals surface area (Å²) in [6.45, 7) is 2.26. The number of nitrogens with one attached hydrogen (secondary N) is 2. The number of benzene rings is 1. The molecule has 1 aromatic rings. The second-order valence-electron chi connectivity index (χ2n) is 4.30. The molecule has 1 rings (SSSR count). The first-order chi connectivity index (χ1) is 9.75. The molecular formula is C13H15F3N2O3. The Kier molecular flexibility index (Phi) is 5.57. The first-order valence-electron chi connectivity index (χ1n) is 6.25. The van der Waals surface area contributed by atoms with Crippen molar-refractivity contribution in [3.05, 3.63) is 29.3 Å². The summed E-state index contributed by atoms with van der Waals surface area (Å²) in [5, 5.41) is 13.5. The summed E-state index contributed by atoms with van der Waals surface area (Å²) in [7, 11) is 0. The number of aromatic carboxylic acids is 1. The van der Waals surface area contributed by atoms with E-state index in [4.69, 9.17) is 5.11 Å². The van der Waals surface area contributed by atoms with Crippen molar-refractivity contribution in [3.8, 4) is 0 Å². The third kappa shape index (κ3) is 4.97. The summed E-state index contributed by atoms with van der Waals surface area (Å²) in [6.07, 6.45) is -3.07. The molecule has 5 nitrogen and oxygen atoms in total. The van der Waals surface area contributed by atoms with E-state index >= 15 is 0 Å². The van der Waals surface area contributed by atoms with Gasteiger partial charge in [-0.3, -0.25) is 0 Å². The van der Waals surface area contributed by atoms with E-state index in [1.54, 1.807) is 0 Å². The van der Waals surface area contributed by atoms with Crippen LogP contribution < -0.4 is 10.6 Å². The second kappa shape index (κ2) is 6.96. The molecule has 1 aromatic carbocycles. The molecule has 0 aliphatic heterocycles. The molecule has 0 atom stereocenters. The molecule has 0 aliphatic rings. The SMILES string of the molecule is CCCCNC(=O)Nc1cc(C(F)(F)F)ccc1C(=O)O. The highest BCUT2D eigenvalue weighted by Gasteiger charge is 2.31. The number of carbonyl (C=O) groups is 2. The zero-order chi connectivity index (χ0) is 16.0. The van der Waals surface area contributed by atoms with Gasteiger partial charge in [-0.05, 0) is 24.6 Å². The summed E-state index contributed by atoms with van der Waals surface area (Å²) in [5.74, 6) is -1.42. The average molecular weight is 304 g/mol. The maximum Gasteiger partial charge on any atom is 0.416 e. The lowest BCUT2D eigenvalue weighted by Crippen LogP contribution is -2.30. The summed E-state index contributed by atoms with van der Waals surface area (Å²) in [4.78, 5) is 22.5. The first kappa shape index (κ1) is 16.8. The number of halogens is 3. The van der Waals surface area contributed by atoms with E-state index < -0.39 is 35.0 Å². The Morgan fingerprint density at radius 2 is 1.95 bits per heavy atom. The molecule has 3 N–H and O–H groups in total. The van der Waals surface area contributed by atoms with Crippen molar-refractivity contribution < 1.29 is 27.9 Å². The van der Waals surface area contributed by atoms with Crippen LogP contribution in [0.2, 0.25) is 0 Å². The molecule has 0 saturated heterocycles. The Bertz CT molecular complexity index is 530. The first-order valence-corrected chi connectivity index (χ1v) is 6.25. The van der Waals surface area contributed by atoms with E-state index in [2.05, 4.69) is 10.6 Å². The maximum absolute atomic E-state index is 12.6. The van der Waals surface area contributed by atoms with Gasteiger partial charge in [-0.2, -0.15) is 13.2 Å². The number of carboxylic acid groups (broad SMARTS) is 1. The van der Waals surface area contributed by atoms with Gasteiger partial charge in [0.1, 0.15) is 0 Å². The lowest BCUT2D eigenvalue weighted by Gasteiger charge is -2.13. The zero-order valence-corrected chi connectivity index (χ0v) is 11.3. The highest BCUT2D eigenvalue weighted by Crippen LogP contribution is 2.32. The topological polar surface area (TPSA) is 78.4 Å². The van der Waals surface area contributed by atoms with Crippen molar-refractivity contribution in [2.45, 2.75) is 25.9 Å². The summed E-state index contributed by atoms with van der Waals surface area (Å²) < 4.78 is 37.8. The summed E-state index contributed by atoms with van der Waals surface area (Å²) in [6, 6.07) is 1.32. The van der Waals surface area contributed by atoms with Crippen LogP contribution >= 0.6 is 0 Å². The molecule has 0 heterocycles. The van der Waals surface area contributed by atoms with E-state index in [-0.39, 0.29) is 0 Å². The maximum atomic E-state index is 12.6. The molecule has 21 heavy (non-hydrogen) atoms. The molecule has 2 amide bonds. The van der Waals surface area contributed by atoms with Gasteiger partial charge in [0.25, 0.3) is 0 Å². The number of unbranched alkanes of at least 4 members (excludes halogenated alkanes) is 1. The van der Waals surface area contributed by atoms with Crippen molar-refractivity contribution in [3.63, 3.8) is 0 Å². The quantitative estimate of drug-likeness (QED) is 0.730. The Morgan fingerprint density at radius 3 is 2.48 bits per heavy atom. The van der Waals surface area contributed by atoms with Gasteiger partial charge in [0.15, 0.2) is 0 Å². The van der Waals surface area contributed by atoms with Crippen molar-refractivity contribution >= 4 is 17.7 Å². The van der Waals surface area contributed by atoms with Crippen LogP contribution in [0.5, 0.6) is 0 Å². The smallest absolute Gasteiger partial charge is 0.416 e. The molecule has 0 unspecified atom stereocenters. The third-order valence-electron chi connectivity index (χ3n) is 2.64. The summed E-state index contributed by atoms with van der Waals surface area (Å²) >= 11 is 0. The van der Waals surface area contributed by atoms with Crippen LogP contribution in [0.15, 0.2) is 18.2 Å². The summed E-state index contributed by atoms with van der Waals surface area (Å²) in [5.41, 5.74) is -1.84. The van der Waals surface area contributed by atoms with Crippen LogP contribution in [0.3, 0.4) is 0 Å². The molecule has 8 heteroatoms. The standard InChI is InChI=1S/C13H15F3N2O3/c1-2-3-6-17-12(21)18-10-7-8(13(14,15)16)4-5-9(10)11(19)20/h4-5,7H,2-3,6H2,1H3,(H,19,20)(H2,17,18,21). The highest BCUT2D eigenvalue weighted by molar-refractivity contribution is 6.00. The van der Waals surface area contributed by atoms with Crippen LogP contribution in [0.4, 0.5) is 23.7 Å². The van der Waals surface area contributed by atoms with Crippen LogP contribution in [0.1, 0.15) is 35.7 Å². The molecular weight excluding hydrogens is 289 g/mol. The van der Waals surface area contributed by atoms with Crippen LogP contribution in [-0.4, -0.2) is 23.7 Å². The minimum Gasteiger partial charge on any atom is -0.478 e. The fourth-order valence-electron chi connectivity index (χ4n) is 1.56. The van der Waals surface area contributed by atoms with Crippen molar-refractivity contribution in [2.75, 3.05) is 11.9 Å². The van der Waals surface area contributed by atoms with Crippen molar-refractivity contribution in [1.82, 2.24) is 5.32 Å². The van der Waals surface area contributed by atoms with Gasteiger partial charge in [0.05, 0.1) is 16.8 Å². The fraction of sp³-hybridized carbons (Fsp3) is 0.385. The molecule has 0 bridgehead atoms. The number of hydrogen-bond donors (Lipinski definition) is 3. The number of carboxylic acids is 1. The molecule has 0 aromatic heterocycles. The van der Waals surface area contributed by atoms with Gasteiger partial charge in [0.2, 0.25) is 0 Å². The Morgan fingerprint density at radius 1 is 1.29 bits per heavy atom. The largest absolute Gasteiger partial charge is 0.478 e. The van der Waals surface area contributed by atoms with Gasteiger partial charge >= 0.3 is 18.2 Å². The van der Waals surface area contributed by atoms with Gasteiger partial charge in [0, 0.05) is 6.54 Å². The minimum absolute atomic E-state index is 0.351. The number of carbonyl (C=O) groups excluding carboxylic acids is 1. The number of alkyl halides is 3. The number of hydrogen-bond acceptors (Lipinski definition) is 2. The fourth-order valence-corrected chi connectivity index (χ4v) is 1.56. The minimum atomic E-state index is -4.62. The van der Waals surface area contributed by atoms with Crippen LogP contribution in [0, 0.1) is 0 Å². The number of anilines is 1. The number of rotatable bonds is 5. The third-order valence-corrected chi connectivity index (χ3v) is 2.64. The number of amides is 2. The van der Waals surface area contributed by atoms with E-state index in [9.17, 15) is 22.8 Å². The predicted octanol–water partition coefficient (Wildman–Crippen LogP) is 3.33. The predicted molar refractivity (Wildman–Crippen MR) is 70.3 cm³/mol. The van der Waals surface area contributed by atoms with Crippen LogP contribution in [-0.2, 0) is 6.18 Å². The van der Waals surface area contributed by atoms with Gasteiger partial charge in [-0.25, -0.2) is 9.59 Å². The van der Waals surface area contributed by atoms with Crippen LogP contribution in [0.25, 0.3) is 0 Å². The van der Waals surface area contributed by atoms with E-state index in [1.165, 1.54) is 0 Å². The highest BCUT2D eigenvalue weighted by atomic mass is 19.4. The zero-order valence-electron chi connectivity index (χ0n) is 11.3. The Balaban J connectivity index is 2.96. The van der Waals surface area contributed by atoms with Crippen molar-refractivity contribution in [2.24, 2.45) is 0 Å².